The molecule has 2 fully saturated rings. The summed E-state index contributed by atoms with van der Waals surface area (Å²) in [7, 11) is 0. The molecule has 5 rings (SSSR count). The number of fused-ring (bicyclic) bond motifs is 1. The van der Waals surface area contributed by atoms with Gasteiger partial charge in [0, 0.05) is 23.8 Å². The second-order valence-corrected chi connectivity index (χ2v) is 9.43. The van der Waals surface area contributed by atoms with Crippen LogP contribution in [0.25, 0.3) is 11.1 Å². The number of benzene rings is 2. The number of aliphatic carboxylic acids is 1. The monoisotopic (exact) mass is 462 g/mol. The molecule has 1 aromatic heterocycles. The second-order valence-electron chi connectivity index (χ2n) is 9.43. The van der Waals surface area contributed by atoms with Gasteiger partial charge < -0.3 is 20.2 Å². The minimum atomic E-state index is -0.748. The first kappa shape index (κ1) is 22.4. The number of carbonyl (C=O) groups excluding carboxylic acids is 1. The van der Waals surface area contributed by atoms with Gasteiger partial charge in [0.25, 0.3) is 6.01 Å². The van der Waals surface area contributed by atoms with Crippen LogP contribution >= 0.6 is 0 Å². The predicted molar refractivity (Wildman–Crippen MR) is 129 cm³/mol. The molecule has 1 unspecified atom stereocenters. The Balaban J connectivity index is 1.19. The first-order valence-electron chi connectivity index (χ1n) is 12.0. The molecule has 0 radical (unpaired) electrons. The van der Waals surface area contributed by atoms with Crippen molar-refractivity contribution in [2.75, 3.05) is 18.4 Å². The third-order valence-corrected chi connectivity index (χ3v) is 6.93. The molecule has 1 aliphatic heterocycles. The normalized spacial score (nSPS) is 19.6. The first-order valence-corrected chi connectivity index (χ1v) is 12.0. The van der Waals surface area contributed by atoms with Crippen LogP contribution in [0.15, 0.2) is 52.9 Å². The van der Waals surface area contributed by atoms with E-state index in [4.69, 9.17) is 4.42 Å². The molecule has 1 saturated carbocycles. The van der Waals surface area contributed by atoms with Crippen molar-refractivity contribution in [1.82, 2.24) is 15.2 Å². The third kappa shape index (κ3) is 5.07. The summed E-state index contributed by atoms with van der Waals surface area (Å²) < 4.78 is 5.83. The van der Waals surface area contributed by atoms with E-state index in [0.29, 0.717) is 18.1 Å². The highest BCUT2D eigenvalue weighted by atomic mass is 16.4. The minimum absolute atomic E-state index is 0.0421. The number of carboxylic acids is 1. The Morgan fingerprint density at radius 3 is 2.74 bits per heavy atom. The number of carboxylic acid groups (broad SMARTS) is 1. The van der Waals surface area contributed by atoms with Crippen LogP contribution in [0.3, 0.4) is 0 Å². The van der Waals surface area contributed by atoms with Crippen molar-refractivity contribution in [1.29, 1.82) is 0 Å². The van der Waals surface area contributed by atoms with Gasteiger partial charge in [0.05, 0.1) is 12.8 Å². The largest absolute Gasteiger partial charge is 0.481 e. The van der Waals surface area contributed by atoms with Crippen molar-refractivity contribution in [2.45, 2.75) is 56.5 Å². The SMILES string of the molecule is O=C(O)CC1CCCCN1C1(CNC(=O)Cc2ccc3nc(Nc4ccccc4)oc3c2)CC1. The molecule has 2 aromatic carbocycles. The van der Waals surface area contributed by atoms with Gasteiger partial charge in [-0.15, -0.1) is 0 Å². The van der Waals surface area contributed by atoms with Gasteiger partial charge in [-0.3, -0.25) is 14.5 Å². The quantitative estimate of drug-likeness (QED) is 0.440. The fourth-order valence-corrected chi connectivity index (χ4v) is 5.04. The molecule has 8 nitrogen and oxygen atoms in total. The van der Waals surface area contributed by atoms with Crippen molar-refractivity contribution in [3.63, 3.8) is 0 Å². The maximum Gasteiger partial charge on any atom is 0.304 e. The number of para-hydroxylation sites is 1. The van der Waals surface area contributed by atoms with Gasteiger partial charge in [-0.05, 0) is 62.1 Å². The topological polar surface area (TPSA) is 108 Å². The Hall–Kier alpha value is -3.39. The molecular formula is C26H30N4O4. The van der Waals surface area contributed by atoms with Crippen LogP contribution in [0.4, 0.5) is 11.7 Å². The number of aromatic nitrogens is 1. The van der Waals surface area contributed by atoms with Gasteiger partial charge in [-0.1, -0.05) is 30.7 Å². The van der Waals surface area contributed by atoms with Gasteiger partial charge in [0.2, 0.25) is 5.91 Å². The molecule has 3 N–H and O–H groups in total. The Bertz CT molecular complexity index is 1170. The summed E-state index contributed by atoms with van der Waals surface area (Å²) in [5.41, 5.74) is 3.03. The van der Waals surface area contributed by atoms with Crippen LogP contribution in [-0.2, 0) is 16.0 Å². The molecule has 1 atom stereocenters. The van der Waals surface area contributed by atoms with Crippen molar-refractivity contribution >= 4 is 34.7 Å². The summed E-state index contributed by atoms with van der Waals surface area (Å²) in [5, 5.41) is 15.5. The van der Waals surface area contributed by atoms with Crippen LogP contribution < -0.4 is 10.6 Å². The van der Waals surface area contributed by atoms with Crippen molar-refractivity contribution in [3.05, 3.63) is 54.1 Å². The van der Waals surface area contributed by atoms with E-state index in [1.54, 1.807) is 0 Å². The van der Waals surface area contributed by atoms with Gasteiger partial charge in [0.1, 0.15) is 5.52 Å². The maximum atomic E-state index is 12.7. The highest BCUT2D eigenvalue weighted by molar-refractivity contribution is 5.81. The molecule has 178 valence electrons. The number of nitrogens with one attached hydrogen (secondary N) is 2. The van der Waals surface area contributed by atoms with E-state index < -0.39 is 5.97 Å². The van der Waals surface area contributed by atoms with Crippen molar-refractivity contribution in [2.24, 2.45) is 0 Å². The molecule has 1 saturated heterocycles. The number of carbonyl (C=O) groups is 2. The van der Waals surface area contributed by atoms with Crippen molar-refractivity contribution in [3.8, 4) is 0 Å². The van der Waals surface area contributed by atoms with E-state index in [0.717, 1.165) is 55.4 Å². The Morgan fingerprint density at radius 2 is 1.97 bits per heavy atom. The van der Waals surface area contributed by atoms with Gasteiger partial charge in [-0.25, -0.2) is 0 Å². The molecular weight excluding hydrogens is 432 g/mol. The van der Waals surface area contributed by atoms with E-state index in [1.807, 2.05) is 48.5 Å². The minimum Gasteiger partial charge on any atom is -0.481 e. The number of nitrogens with zero attached hydrogens (tertiary/aromatic N) is 2. The maximum absolute atomic E-state index is 12.7. The molecule has 8 heteroatoms. The Kier molecular flexibility index (Phi) is 6.24. The number of likely N-dealkylation sites (tertiary alicyclic amines) is 1. The zero-order valence-electron chi connectivity index (χ0n) is 19.1. The molecule has 0 spiro atoms. The highest BCUT2D eigenvalue weighted by Crippen LogP contribution is 2.45. The lowest BCUT2D eigenvalue weighted by Crippen LogP contribution is -2.53. The molecule has 2 heterocycles. The van der Waals surface area contributed by atoms with Gasteiger partial charge in [0.15, 0.2) is 5.58 Å². The summed E-state index contributed by atoms with van der Waals surface area (Å²) in [6, 6.07) is 15.8. The summed E-state index contributed by atoms with van der Waals surface area (Å²) in [6.07, 6.45) is 5.52. The lowest BCUT2D eigenvalue weighted by atomic mass is 9.96. The highest BCUT2D eigenvalue weighted by Gasteiger charge is 2.50. The van der Waals surface area contributed by atoms with Crippen LogP contribution in [0.1, 0.15) is 44.1 Å². The molecule has 34 heavy (non-hydrogen) atoms. The van der Waals surface area contributed by atoms with Crippen LogP contribution in [-0.4, -0.2) is 51.5 Å². The van der Waals surface area contributed by atoms with Crippen LogP contribution in [0.5, 0.6) is 0 Å². The number of rotatable bonds is 9. The smallest absolute Gasteiger partial charge is 0.304 e. The molecule has 2 aliphatic rings. The number of amides is 1. The zero-order valence-corrected chi connectivity index (χ0v) is 19.1. The number of hydrogen-bond acceptors (Lipinski definition) is 6. The second kappa shape index (κ2) is 9.46. The van der Waals surface area contributed by atoms with Crippen LogP contribution in [0.2, 0.25) is 0 Å². The van der Waals surface area contributed by atoms with E-state index >= 15 is 0 Å². The lowest BCUT2D eigenvalue weighted by Gasteiger charge is -2.41. The Labute approximate surface area is 198 Å². The average molecular weight is 463 g/mol. The lowest BCUT2D eigenvalue weighted by molar-refractivity contribution is -0.139. The zero-order chi connectivity index (χ0) is 23.5. The van der Waals surface area contributed by atoms with Crippen LogP contribution in [0, 0.1) is 0 Å². The molecule has 3 aromatic rings. The van der Waals surface area contributed by atoms with Gasteiger partial charge >= 0.3 is 5.97 Å². The fourth-order valence-electron chi connectivity index (χ4n) is 5.04. The van der Waals surface area contributed by atoms with Gasteiger partial charge in [-0.2, -0.15) is 4.98 Å². The predicted octanol–water partition coefficient (Wildman–Crippen LogP) is 4.09. The number of piperidine rings is 1. The number of oxazole rings is 1. The number of hydrogen-bond donors (Lipinski definition) is 3. The summed E-state index contributed by atoms with van der Waals surface area (Å²) >= 11 is 0. The molecule has 1 aliphatic carbocycles. The number of anilines is 2. The molecule has 0 bridgehead atoms. The van der Waals surface area contributed by atoms with E-state index in [2.05, 4.69) is 20.5 Å². The third-order valence-electron chi connectivity index (χ3n) is 6.93. The average Bonchev–Trinajstić information content (AvgIpc) is 3.51. The first-order chi connectivity index (χ1) is 16.5. The fraction of sp³-hybridized carbons (Fsp3) is 0.423. The Morgan fingerprint density at radius 1 is 1.15 bits per heavy atom. The van der Waals surface area contributed by atoms with Crippen molar-refractivity contribution < 1.29 is 19.1 Å². The standard InChI is InChI=1S/C26H30N4O4/c31-23(27-17-26(11-12-26)30-13-5-4-8-20(30)16-24(32)33)15-18-9-10-21-22(14-18)34-25(29-21)28-19-6-2-1-3-7-19/h1-3,6-7,9-10,14,20H,4-5,8,11-13,15-17H2,(H,27,31)(H,28,29)(H,32,33). The molecule has 1 amide bonds. The summed E-state index contributed by atoms with van der Waals surface area (Å²) in [6.45, 7) is 1.48. The van der Waals surface area contributed by atoms with E-state index in [-0.39, 0.29) is 30.3 Å². The summed E-state index contributed by atoms with van der Waals surface area (Å²) in [4.78, 5) is 30.8. The van der Waals surface area contributed by atoms with E-state index in [1.165, 1.54) is 0 Å². The van der Waals surface area contributed by atoms with E-state index in [9.17, 15) is 14.7 Å². The summed E-state index contributed by atoms with van der Waals surface area (Å²) in [5.74, 6) is -0.791.